The molecule has 100 valence electrons. The van der Waals surface area contributed by atoms with Gasteiger partial charge in [0.05, 0.1) is 0 Å². The minimum Gasteiger partial charge on any atom is -0.349 e. The number of hydrogen-bond donors (Lipinski definition) is 2. The lowest BCUT2D eigenvalue weighted by atomic mass is 10.2. The van der Waals surface area contributed by atoms with Gasteiger partial charge in [-0.3, -0.25) is 14.9 Å². The van der Waals surface area contributed by atoms with E-state index >= 15 is 0 Å². The average molecular weight is 259 g/mol. The minimum atomic E-state index is -0.257. The molecule has 6 heteroatoms. The van der Waals surface area contributed by atoms with Crippen LogP contribution in [0, 0.1) is 0 Å². The summed E-state index contributed by atoms with van der Waals surface area (Å²) in [5, 5.41) is 9.45. The fraction of sp³-hybridized carbons (Fsp3) is 0.385. The zero-order valence-corrected chi connectivity index (χ0v) is 11.1. The molecule has 0 bridgehead atoms. The van der Waals surface area contributed by atoms with Crippen LogP contribution in [0.15, 0.2) is 24.5 Å². The van der Waals surface area contributed by atoms with Crippen molar-refractivity contribution in [3.63, 3.8) is 0 Å². The van der Waals surface area contributed by atoms with E-state index in [1.807, 2.05) is 26.0 Å². The number of carbonyl (C=O) groups excluding carboxylic acids is 1. The summed E-state index contributed by atoms with van der Waals surface area (Å²) in [6, 6.07) is 3.85. The highest BCUT2D eigenvalue weighted by molar-refractivity contribution is 5.90. The molecule has 0 saturated heterocycles. The highest BCUT2D eigenvalue weighted by atomic mass is 16.2. The van der Waals surface area contributed by atoms with Crippen molar-refractivity contribution in [1.82, 2.24) is 25.5 Å². The normalized spacial score (nSPS) is 10.7. The minimum absolute atomic E-state index is 0.190. The molecule has 0 radical (unpaired) electrons. The van der Waals surface area contributed by atoms with Gasteiger partial charge in [0, 0.05) is 24.9 Å². The maximum atomic E-state index is 11.8. The average Bonchev–Trinajstić information content (AvgIpc) is 2.89. The topological polar surface area (TPSA) is 83.6 Å². The van der Waals surface area contributed by atoms with Crippen LogP contribution >= 0.6 is 0 Å². The third kappa shape index (κ3) is 3.61. The lowest BCUT2D eigenvalue weighted by Gasteiger charge is -2.02. The van der Waals surface area contributed by atoms with Crippen molar-refractivity contribution in [2.45, 2.75) is 26.2 Å². The van der Waals surface area contributed by atoms with Crippen molar-refractivity contribution in [2.75, 3.05) is 6.54 Å². The van der Waals surface area contributed by atoms with Gasteiger partial charge >= 0.3 is 0 Å². The van der Waals surface area contributed by atoms with E-state index in [0.717, 1.165) is 17.8 Å². The summed E-state index contributed by atoms with van der Waals surface area (Å²) in [5.74, 6) is 0.878. The molecular weight excluding hydrogens is 242 g/mol. The standard InChI is InChI=1S/C13H17N5O/c1-9(2)11-16-12(18-17-11)13(19)15-7-5-10-4-3-6-14-8-10/h3-4,6,8-9H,5,7H2,1-2H3,(H,15,19)(H,16,17,18). The molecule has 0 aliphatic heterocycles. The molecule has 2 rings (SSSR count). The molecule has 2 aromatic rings. The molecule has 19 heavy (non-hydrogen) atoms. The molecule has 0 spiro atoms. The Balaban J connectivity index is 1.84. The van der Waals surface area contributed by atoms with Crippen LogP contribution in [0.1, 0.15) is 41.8 Å². The van der Waals surface area contributed by atoms with Crippen LogP contribution in [0.5, 0.6) is 0 Å². The molecule has 0 aliphatic rings. The van der Waals surface area contributed by atoms with Crippen LogP contribution < -0.4 is 5.32 Å². The van der Waals surface area contributed by atoms with Gasteiger partial charge in [-0.1, -0.05) is 19.9 Å². The highest BCUT2D eigenvalue weighted by Gasteiger charge is 2.13. The van der Waals surface area contributed by atoms with Gasteiger partial charge < -0.3 is 5.32 Å². The van der Waals surface area contributed by atoms with Gasteiger partial charge in [-0.15, -0.1) is 5.10 Å². The van der Waals surface area contributed by atoms with Crippen molar-refractivity contribution in [3.8, 4) is 0 Å². The summed E-state index contributed by atoms with van der Waals surface area (Å²) in [4.78, 5) is 20.0. The molecule has 0 atom stereocenters. The number of nitrogens with zero attached hydrogens (tertiary/aromatic N) is 3. The molecule has 2 N–H and O–H groups in total. The predicted octanol–water partition coefficient (Wildman–Crippen LogP) is 1.30. The number of H-pyrrole nitrogens is 1. The second-order valence-corrected chi connectivity index (χ2v) is 4.57. The van der Waals surface area contributed by atoms with E-state index in [0.29, 0.717) is 6.54 Å². The number of amides is 1. The summed E-state index contributed by atoms with van der Waals surface area (Å²) >= 11 is 0. The van der Waals surface area contributed by atoms with Crippen LogP contribution in [0.25, 0.3) is 0 Å². The number of pyridine rings is 1. The Bertz CT molecular complexity index is 535. The Kier molecular flexibility index (Phi) is 4.22. The SMILES string of the molecule is CC(C)c1nc(C(=O)NCCc2cccnc2)n[nH]1. The monoisotopic (exact) mass is 259 g/mol. The second-order valence-electron chi connectivity index (χ2n) is 4.57. The molecule has 0 aromatic carbocycles. The first-order valence-corrected chi connectivity index (χ1v) is 6.26. The maximum absolute atomic E-state index is 11.8. The van der Waals surface area contributed by atoms with Crippen molar-refractivity contribution in [2.24, 2.45) is 0 Å². The van der Waals surface area contributed by atoms with Crippen LogP contribution in [-0.2, 0) is 6.42 Å². The number of aromatic nitrogens is 4. The molecule has 0 unspecified atom stereocenters. The number of rotatable bonds is 5. The second kappa shape index (κ2) is 6.08. The Morgan fingerprint density at radius 1 is 1.47 bits per heavy atom. The third-order valence-corrected chi connectivity index (χ3v) is 2.67. The summed E-state index contributed by atoms with van der Waals surface area (Å²) in [5.41, 5.74) is 1.08. The number of hydrogen-bond acceptors (Lipinski definition) is 4. The van der Waals surface area contributed by atoms with E-state index in [-0.39, 0.29) is 17.6 Å². The number of carbonyl (C=O) groups is 1. The lowest BCUT2D eigenvalue weighted by molar-refractivity contribution is 0.0944. The van der Waals surface area contributed by atoms with Gasteiger partial charge in [0.25, 0.3) is 5.91 Å². The fourth-order valence-corrected chi connectivity index (χ4v) is 1.58. The summed E-state index contributed by atoms with van der Waals surface area (Å²) < 4.78 is 0. The van der Waals surface area contributed by atoms with Gasteiger partial charge in [0.1, 0.15) is 5.82 Å². The zero-order valence-electron chi connectivity index (χ0n) is 11.1. The lowest BCUT2D eigenvalue weighted by Crippen LogP contribution is -2.26. The first-order valence-electron chi connectivity index (χ1n) is 6.26. The van der Waals surface area contributed by atoms with E-state index in [1.54, 1.807) is 12.4 Å². The molecule has 0 fully saturated rings. The van der Waals surface area contributed by atoms with Gasteiger partial charge in [-0.2, -0.15) is 0 Å². The highest BCUT2D eigenvalue weighted by Crippen LogP contribution is 2.07. The van der Waals surface area contributed by atoms with Crippen molar-refractivity contribution < 1.29 is 4.79 Å². The Hall–Kier alpha value is -2.24. The van der Waals surface area contributed by atoms with E-state index in [2.05, 4.69) is 25.5 Å². The predicted molar refractivity (Wildman–Crippen MR) is 70.7 cm³/mol. The van der Waals surface area contributed by atoms with Gasteiger partial charge in [0.2, 0.25) is 5.82 Å². The summed E-state index contributed by atoms with van der Waals surface area (Å²) in [7, 11) is 0. The molecular formula is C13H17N5O. The van der Waals surface area contributed by atoms with Crippen LogP contribution in [0.2, 0.25) is 0 Å². The van der Waals surface area contributed by atoms with E-state index in [4.69, 9.17) is 0 Å². The Morgan fingerprint density at radius 2 is 2.32 bits per heavy atom. The Labute approximate surface area is 111 Å². The van der Waals surface area contributed by atoms with Crippen molar-refractivity contribution >= 4 is 5.91 Å². The maximum Gasteiger partial charge on any atom is 0.290 e. The summed E-state index contributed by atoms with van der Waals surface area (Å²) in [6.07, 6.45) is 4.25. The van der Waals surface area contributed by atoms with Gasteiger partial charge in [-0.05, 0) is 18.1 Å². The smallest absolute Gasteiger partial charge is 0.290 e. The third-order valence-electron chi connectivity index (χ3n) is 2.67. The quantitative estimate of drug-likeness (QED) is 0.847. The van der Waals surface area contributed by atoms with E-state index in [9.17, 15) is 4.79 Å². The van der Waals surface area contributed by atoms with Crippen LogP contribution in [-0.4, -0.2) is 32.6 Å². The molecule has 0 saturated carbocycles. The summed E-state index contributed by atoms with van der Waals surface area (Å²) in [6.45, 7) is 4.52. The molecule has 2 aromatic heterocycles. The molecule has 6 nitrogen and oxygen atoms in total. The van der Waals surface area contributed by atoms with Crippen molar-refractivity contribution in [3.05, 3.63) is 41.7 Å². The van der Waals surface area contributed by atoms with Crippen molar-refractivity contribution in [1.29, 1.82) is 0 Å². The fourth-order valence-electron chi connectivity index (χ4n) is 1.58. The van der Waals surface area contributed by atoms with Gasteiger partial charge in [0.15, 0.2) is 0 Å². The number of aromatic amines is 1. The molecule has 2 heterocycles. The number of nitrogens with one attached hydrogen (secondary N) is 2. The van der Waals surface area contributed by atoms with Gasteiger partial charge in [-0.25, -0.2) is 4.98 Å². The van der Waals surface area contributed by atoms with E-state index < -0.39 is 0 Å². The zero-order chi connectivity index (χ0) is 13.7. The molecule has 0 aliphatic carbocycles. The molecule has 1 amide bonds. The first-order chi connectivity index (χ1) is 9.16. The van der Waals surface area contributed by atoms with Crippen LogP contribution in [0.3, 0.4) is 0 Å². The Morgan fingerprint density at radius 3 is 2.95 bits per heavy atom. The van der Waals surface area contributed by atoms with Crippen LogP contribution in [0.4, 0.5) is 0 Å². The largest absolute Gasteiger partial charge is 0.349 e. The first kappa shape index (κ1) is 13.2. The van der Waals surface area contributed by atoms with E-state index in [1.165, 1.54) is 0 Å².